The van der Waals surface area contributed by atoms with Crippen LogP contribution in [-0.2, 0) is 0 Å². The van der Waals surface area contributed by atoms with Crippen LogP contribution in [0.15, 0.2) is 36.3 Å². The number of carbonyl (C=O) groups is 1. The monoisotopic (exact) mass is 310 g/mol. The number of hydrogen-bond acceptors (Lipinski definition) is 5. The van der Waals surface area contributed by atoms with Crippen LogP contribution < -0.4 is 0 Å². The van der Waals surface area contributed by atoms with E-state index in [2.05, 4.69) is 4.98 Å². The molecule has 1 aromatic rings. The molecule has 1 aliphatic carbocycles. The maximum Gasteiger partial charge on any atom is 0.337 e. The number of aliphatic hydroxyl groups is 1. The van der Waals surface area contributed by atoms with Crippen molar-refractivity contribution in [1.82, 2.24) is 4.98 Å². The molecule has 0 amide bonds. The molecule has 110 valence electrons. The van der Waals surface area contributed by atoms with Crippen LogP contribution >= 0.6 is 11.6 Å². The van der Waals surface area contributed by atoms with Gasteiger partial charge in [-0.1, -0.05) is 6.08 Å². The van der Waals surface area contributed by atoms with Gasteiger partial charge in [-0.05, 0) is 24.1 Å². The van der Waals surface area contributed by atoms with Gasteiger partial charge in [0.2, 0.25) is 0 Å². The molecule has 1 heterocycles. The summed E-state index contributed by atoms with van der Waals surface area (Å²) in [5, 5.41) is 30.0. The fraction of sp³-hybridized carbons (Fsp3) is 0.231. The third-order valence-electron chi connectivity index (χ3n) is 2.97. The second kappa shape index (κ2) is 5.27. The molecule has 2 atom stereocenters. The van der Waals surface area contributed by atoms with Gasteiger partial charge in [-0.15, -0.1) is 11.6 Å². The number of halogens is 1. The Morgan fingerprint density at radius 3 is 2.71 bits per heavy atom. The number of nitro groups is 1. The molecule has 1 aromatic heterocycles. The van der Waals surface area contributed by atoms with Crippen LogP contribution in [-0.4, -0.2) is 37.1 Å². The zero-order valence-corrected chi connectivity index (χ0v) is 11.6. The van der Waals surface area contributed by atoms with Crippen LogP contribution in [0.5, 0.6) is 0 Å². The molecule has 2 N–H and O–H groups in total. The van der Waals surface area contributed by atoms with E-state index in [4.69, 9.17) is 16.7 Å². The Bertz CT molecular complexity index is 681. The van der Waals surface area contributed by atoms with Gasteiger partial charge in [-0.3, -0.25) is 15.1 Å². The Balaban J connectivity index is 2.53. The van der Waals surface area contributed by atoms with Crippen LogP contribution in [0.25, 0.3) is 5.57 Å². The highest BCUT2D eigenvalue weighted by Crippen LogP contribution is 2.35. The van der Waals surface area contributed by atoms with Gasteiger partial charge in [0.05, 0.1) is 15.4 Å². The van der Waals surface area contributed by atoms with E-state index in [0.29, 0.717) is 0 Å². The number of pyridine rings is 1. The van der Waals surface area contributed by atoms with Gasteiger partial charge >= 0.3 is 5.97 Å². The highest BCUT2D eigenvalue weighted by Gasteiger charge is 2.36. The number of carboxylic acids is 1. The second-order valence-electron chi connectivity index (χ2n) is 4.75. The number of alkyl halides is 1. The molecule has 0 bridgehead atoms. The van der Waals surface area contributed by atoms with Gasteiger partial charge in [-0.2, -0.15) is 0 Å². The Morgan fingerprint density at radius 2 is 2.14 bits per heavy atom. The van der Waals surface area contributed by atoms with Crippen molar-refractivity contribution in [1.29, 1.82) is 0 Å². The van der Waals surface area contributed by atoms with Gasteiger partial charge in [0.15, 0.2) is 6.10 Å². The lowest BCUT2D eigenvalue weighted by Crippen LogP contribution is -2.28. The summed E-state index contributed by atoms with van der Waals surface area (Å²) in [5.41, 5.74) is -0.126. The molecule has 7 nitrogen and oxygen atoms in total. The first-order valence-corrected chi connectivity index (χ1v) is 6.24. The largest absolute Gasteiger partial charge is 0.478 e. The van der Waals surface area contributed by atoms with E-state index in [1.54, 1.807) is 0 Å². The lowest BCUT2D eigenvalue weighted by atomic mass is 9.89. The van der Waals surface area contributed by atoms with E-state index in [-0.39, 0.29) is 16.7 Å². The summed E-state index contributed by atoms with van der Waals surface area (Å²) < 4.78 is 0. The molecule has 8 heteroatoms. The molecule has 0 saturated carbocycles. The maximum absolute atomic E-state index is 11.0. The smallest absolute Gasteiger partial charge is 0.337 e. The Morgan fingerprint density at radius 1 is 1.48 bits per heavy atom. The third-order valence-corrected chi connectivity index (χ3v) is 3.19. The normalized spacial score (nSPS) is 25.0. The van der Waals surface area contributed by atoms with Crippen molar-refractivity contribution in [2.45, 2.75) is 17.9 Å². The molecule has 1 aliphatic rings. The predicted octanol–water partition coefficient (Wildman–Crippen LogP) is 1.70. The molecule has 0 saturated heterocycles. The van der Waals surface area contributed by atoms with Crippen molar-refractivity contribution in [3.05, 3.63) is 57.6 Å². The van der Waals surface area contributed by atoms with Crippen LogP contribution in [0.1, 0.15) is 22.8 Å². The Kier molecular flexibility index (Phi) is 3.80. The molecule has 0 aliphatic heterocycles. The van der Waals surface area contributed by atoms with Crippen LogP contribution in [0, 0.1) is 10.1 Å². The standard InChI is InChI=1S/C13H11ClN2O5/c1-13(14)3-9(11(17)10(4-13)16(20)21)7-2-8(12(18)19)6-15-5-7/h2-6,11,17H,1H3,(H,18,19). The third kappa shape index (κ3) is 3.09. The number of hydrogen-bond donors (Lipinski definition) is 2. The lowest BCUT2D eigenvalue weighted by molar-refractivity contribution is -0.434. The molecular weight excluding hydrogens is 300 g/mol. The molecule has 0 aromatic carbocycles. The number of allylic oxidation sites excluding steroid dienone is 2. The van der Waals surface area contributed by atoms with Crippen molar-refractivity contribution < 1.29 is 19.9 Å². The lowest BCUT2D eigenvalue weighted by Gasteiger charge is -2.24. The van der Waals surface area contributed by atoms with Crippen molar-refractivity contribution in [3.63, 3.8) is 0 Å². The first kappa shape index (κ1) is 15.1. The van der Waals surface area contributed by atoms with Crippen LogP contribution in [0.3, 0.4) is 0 Å². The number of rotatable bonds is 3. The van der Waals surface area contributed by atoms with Gasteiger partial charge in [0, 0.05) is 18.5 Å². The van der Waals surface area contributed by atoms with E-state index >= 15 is 0 Å². The summed E-state index contributed by atoms with van der Waals surface area (Å²) >= 11 is 6.12. The minimum absolute atomic E-state index is 0.0888. The first-order chi connectivity index (χ1) is 9.71. The zero-order chi connectivity index (χ0) is 15.8. The number of aromatic carboxylic acids is 1. The van der Waals surface area contributed by atoms with Crippen LogP contribution in [0.4, 0.5) is 0 Å². The summed E-state index contributed by atoms with van der Waals surface area (Å²) in [6.07, 6.45) is 3.55. The summed E-state index contributed by atoms with van der Waals surface area (Å²) in [6, 6.07) is 1.28. The van der Waals surface area contributed by atoms with Gasteiger partial charge < -0.3 is 10.2 Å². The van der Waals surface area contributed by atoms with Crippen LogP contribution in [0.2, 0.25) is 0 Å². The number of carboxylic acid groups (broad SMARTS) is 1. The molecule has 21 heavy (non-hydrogen) atoms. The quantitative estimate of drug-likeness (QED) is 0.499. The van der Waals surface area contributed by atoms with Crippen molar-refractivity contribution in [2.75, 3.05) is 0 Å². The molecular formula is C13H11ClN2O5. The average Bonchev–Trinajstić information content (AvgIpc) is 2.41. The predicted molar refractivity (Wildman–Crippen MR) is 74.5 cm³/mol. The Labute approximate surface area is 124 Å². The number of aromatic nitrogens is 1. The van der Waals surface area contributed by atoms with Crippen molar-refractivity contribution in [2.24, 2.45) is 0 Å². The van der Waals surface area contributed by atoms with E-state index in [0.717, 1.165) is 12.3 Å². The number of nitrogens with zero attached hydrogens (tertiary/aromatic N) is 2. The van der Waals surface area contributed by atoms with Gasteiger partial charge in [0.1, 0.15) is 0 Å². The zero-order valence-electron chi connectivity index (χ0n) is 10.9. The van der Waals surface area contributed by atoms with E-state index in [1.165, 1.54) is 25.3 Å². The second-order valence-corrected chi connectivity index (χ2v) is 5.56. The maximum atomic E-state index is 11.0. The van der Waals surface area contributed by atoms with Crippen molar-refractivity contribution in [3.8, 4) is 0 Å². The van der Waals surface area contributed by atoms with E-state index < -0.39 is 27.6 Å². The number of aliphatic hydroxyl groups excluding tert-OH is 1. The fourth-order valence-electron chi connectivity index (χ4n) is 2.06. The molecule has 0 spiro atoms. The minimum Gasteiger partial charge on any atom is -0.478 e. The molecule has 0 fully saturated rings. The van der Waals surface area contributed by atoms with Gasteiger partial charge in [-0.25, -0.2) is 4.79 Å². The average molecular weight is 311 g/mol. The van der Waals surface area contributed by atoms with E-state index in [9.17, 15) is 20.0 Å². The summed E-state index contributed by atoms with van der Waals surface area (Å²) in [7, 11) is 0. The SMILES string of the molecule is CC1(Cl)C=C(c2cncc(C(=O)O)c2)C(O)C([N+](=O)[O-])=C1. The summed E-state index contributed by atoms with van der Waals surface area (Å²) in [6.45, 7) is 1.53. The summed E-state index contributed by atoms with van der Waals surface area (Å²) in [5.74, 6) is -1.19. The highest BCUT2D eigenvalue weighted by molar-refractivity contribution is 6.27. The van der Waals surface area contributed by atoms with E-state index in [1.807, 2.05) is 0 Å². The summed E-state index contributed by atoms with van der Waals surface area (Å²) in [4.78, 5) is 23.8. The molecule has 2 unspecified atom stereocenters. The van der Waals surface area contributed by atoms with Gasteiger partial charge in [0.25, 0.3) is 5.70 Å². The highest BCUT2D eigenvalue weighted by atomic mass is 35.5. The first-order valence-electron chi connectivity index (χ1n) is 5.87. The van der Waals surface area contributed by atoms with Crippen molar-refractivity contribution >= 4 is 23.1 Å². The minimum atomic E-state index is -1.50. The molecule has 0 radical (unpaired) electrons. The fourth-order valence-corrected chi connectivity index (χ4v) is 2.29. The molecule has 2 rings (SSSR count). The topological polar surface area (TPSA) is 114 Å². The Hall–Kier alpha value is -2.25.